The van der Waals surface area contributed by atoms with Crippen molar-refractivity contribution >= 4 is 23.7 Å². The lowest BCUT2D eigenvalue weighted by atomic mass is 15.9. The Kier molecular flexibility index (Phi) is 193. The predicted octanol–water partition coefficient (Wildman–Crippen LogP) is 0.265. The highest BCUT2D eigenvalue weighted by molar-refractivity contribution is 6.05. The quantitative estimate of drug-likeness (QED) is 0.464. The van der Waals surface area contributed by atoms with Crippen molar-refractivity contribution in [1.29, 1.82) is 0 Å². The molecule has 0 spiro atoms. The minimum atomic E-state index is 3.64. The highest BCUT2D eigenvalue weighted by atomic mass is 35.5. The normalized spacial score (nSPS) is 3.00. The van der Waals surface area contributed by atoms with E-state index in [1.54, 1.807) is 0 Å². The molecule has 0 aliphatic carbocycles. The maximum absolute atomic E-state index is 6.47. The molecular weight excluding hydrogens is 103 g/mol. The molecule has 0 saturated carbocycles. The van der Waals surface area contributed by atoms with Gasteiger partial charge in [0.2, 0.25) is 0 Å². The summed E-state index contributed by atoms with van der Waals surface area (Å²) in [6, 6.07) is 0. The summed E-state index contributed by atoms with van der Waals surface area (Å²) < 4.78 is 12.9. The molecule has 0 unspecified atom stereocenters. The third-order valence-electron chi connectivity index (χ3n) is 0. The van der Waals surface area contributed by atoms with Crippen LogP contribution in [-0.4, -0.2) is 9.32 Å². The van der Waals surface area contributed by atoms with Crippen molar-refractivity contribution in [3.63, 3.8) is 0 Å². The van der Waals surface area contributed by atoms with Gasteiger partial charge in [-0.15, -0.1) is 0 Å². The summed E-state index contributed by atoms with van der Waals surface area (Å²) in [6.45, 7) is 0. The van der Waals surface area contributed by atoms with E-state index >= 15 is 0 Å². The summed E-state index contributed by atoms with van der Waals surface area (Å²) in [7, 11) is 0. The molecule has 0 bridgehead atoms. The molecule has 0 rings (SSSR count). The lowest BCUT2D eigenvalue weighted by molar-refractivity contribution is 0.632. The first-order valence-electron chi connectivity index (χ1n) is 0.338. The van der Waals surface area contributed by atoms with Crippen molar-refractivity contribution < 1.29 is 9.32 Å². The first-order chi connectivity index (χ1) is 2.00. The van der Waals surface area contributed by atoms with E-state index in [0.717, 1.165) is 0 Å². The molecule has 0 atom stereocenters. The van der Waals surface area contributed by atoms with Crippen LogP contribution in [0.15, 0.2) is 0 Å². The van der Waals surface area contributed by atoms with Crippen LogP contribution in [0.3, 0.4) is 0 Å². The number of rotatable bonds is 0. The Morgan fingerprint density at radius 2 is 0.750 bits per heavy atom. The molecule has 0 saturated heterocycles. The monoisotopic (exact) mass is 104 g/mol. The zero-order valence-corrected chi connectivity index (χ0v) is 3.16. The lowest BCUT2D eigenvalue weighted by Crippen LogP contribution is -0.913. The molecule has 0 aliphatic heterocycles. The van der Waals surface area contributed by atoms with Crippen LogP contribution >= 0.6 is 23.7 Å². The molecule has 0 aromatic carbocycles. The third kappa shape index (κ3) is 22.5. The Bertz CT molecular complexity index is 4.00. The molecule has 2 N–H and O–H groups in total. The fourth-order valence-electron chi connectivity index (χ4n) is 0. The molecule has 4 heteroatoms. The van der Waals surface area contributed by atoms with Gasteiger partial charge in [0.05, 0.1) is 23.7 Å². The number of halogens is 2. The number of hydrogen-bond acceptors (Lipinski definition) is 2. The van der Waals surface area contributed by atoms with Gasteiger partial charge in [-0.25, -0.2) is 0 Å². The van der Waals surface area contributed by atoms with Gasteiger partial charge >= 0.3 is 0 Å². The predicted molar refractivity (Wildman–Crippen MR) is 16.1 cm³/mol. The van der Waals surface area contributed by atoms with Crippen LogP contribution in [0.5, 0.6) is 0 Å². The summed E-state index contributed by atoms with van der Waals surface area (Å²) in [5.41, 5.74) is 0. The van der Waals surface area contributed by atoms with Gasteiger partial charge in [-0.05, 0) is 0 Å². The summed E-state index contributed by atoms with van der Waals surface area (Å²) in [5.74, 6) is 0. The van der Waals surface area contributed by atoms with Gasteiger partial charge in [-0.3, -0.25) is 9.32 Å². The van der Waals surface area contributed by atoms with Gasteiger partial charge in [0.1, 0.15) is 0 Å². The third-order valence-corrected chi connectivity index (χ3v) is 0. The summed E-state index contributed by atoms with van der Waals surface area (Å²) in [4.78, 5) is 0. The Balaban J connectivity index is 0. The smallest absolute Gasteiger partial charge is 0.0579 e. The molecule has 0 amide bonds. The van der Waals surface area contributed by atoms with E-state index in [-0.39, 0.29) is 0 Å². The number of hydrogen-bond donors (Lipinski definition) is 2. The fraction of sp³-hybridized carbons (Fsp3) is 0. The Morgan fingerprint density at radius 3 is 0.750 bits per heavy atom. The van der Waals surface area contributed by atoms with E-state index in [1.807, 2.05) is 0 Å². The molecule has 4 heavy (non-hydrogen) atoms. The average molecular weight is 105 g/mol. The Morgan fingerprint density at radius 1 is 0.750 bits per heavy atom. The van der Waals surface area contributed by atoms with Gasteiger partial charge in [-0.1, -0.05) is 0 Å². The van der Waals surface area contributed by atoms with Crippen LogP contribution in [0.1, 0.15) is 0 Å². The van der Waals surface area contributed by atoms with Crippen molar-refractivity contribution in [2.75, 3.05) is 0 Å². The second kappa shape index (κ2) is 87.5. The van der Waals surface area contributed by atoms with Crippen LogP contribution in [0.2, 0.25) is 0 Å². The van der Waals surface area contributed by atoms with Crippen LogP contribution in [0.25, 0.3) is 0 Å². The van der Waals surface area contributed by atoms with Crippen LogP contribution in [0, 0.1) is 0 Å². The van der Waals surface area contributed by atoms with Gasteiger partial charge in [0, 0.05) is 0 Å². The minimum absolute atomic E-state index is 3.64. The molecule has 0 aromatic rings. The first-order valence-corrected chi connectivity index (χ1v) is 1.01. The second-order valence-electron chi connectivity index (χ2n) is 0. The maximum atomic E-state index is 6.47. The molecule has 0 fully saturated rings. The maximum Gasteiger partial charge on any atom is 0.0579 e. The Labute approximate surface area is 33.9 Å². The largest absolute Gasteiger partial charge is 0.295 e. The minimum Gasteiger partial charge on any atom is -0.295 e. The van der Waals surface area contributed by atoms with E-state index in [2.05, 4.69) is 23.7 Å². The zero-order chi connectivity index (χ0) is 4.00. The van der Waals surface area contributed by atoms with Crippen LogP contribution in [-0.2, 0) is 0 Å². The van der Waals surface area contributed by atoms with E-state index in [4.69, 9.17) is 9.32 Å². The van der Waals surface area contributed by atoms with Crippen LogP contribution in [0.4, 0.5) is 0 Å². The summed E-state index contributed by atoms with van der Waals surface area (Å²) in [5, 5.41) is 0. The molecule has 2 nitrogen and oxygen atoms in total. The lowest BCUT2D eigenvalue weighted by Gasteiger charge is -1.13. The topological polar surface area (TPSA) is 40.5 Å². The van der Waals surface area contributed by atoms with Gasteiger partial charge in [0.15, 0.2) is 0 Å². The Hall–Kier alpha value is 0.500. The van der Waals surface area contributed by atoms with Gasteiger partial charge in [-0.2, -0.15) is 0 Å². The van der Waals surface area contributed by atoms with Crippen molar-refractivity contribution in [1.82, 2.24) is 0 Å². The van der Waals surface area contributed by atoms with Gasteiger partial charge < -0.3 is 0 Å². The van der Waals surface area contributed by atoms with Crippen molar-refractivity contribution in [2.45, 2.75) is 0 Å². The SMILES string of the molecule is OCl.OCl. The molecule has 0 radical (unpaired) electrons. The van der Waals surface area contributed by atoms with Crippen LogP contribution < -0.4 is 0 Å². The summed E-state index contributed by atoms with van der Waals surface area (Å²) >= 11 is 7.28. The second-order valence-corrected chi connectivity index (χ2v) is 0. The van der Waals surface area contributed by atoms with E-state index < -0.39 is 0 Å². The highest BCUT2D eigenvalue weighted by Crippen LogP contribution is 1.32. The fourth-order valence-corrected chi connectivity index (χ4v) is 0. The van der Waals surface area contributed by atoms with E-state index in [9.17, 15) is 0 Å². The molecular formula is H2Cl2O2. The first kappa shape index (κ1) is 8.82. The van der Waals surface area contributed by atoms with Crippen molar-refractivity contribution in [3.8, 4) is 0 Å². The van der Waals surface area contributed by atoms with Gasteiger partial charge in [0.25, 0.3) is 0 Å². The molecule has 0 aliphatic rings. The van der Waals surface area contributed by atoms with Crippen molar-refractivity contribution in [2.24, 2.45) is 0 Å². The van der Waals surface area contributed by atoms with E-state index in [1.165, 1.54) is 0 Å². The average Bonchev–Trinajstić information content (AvgIpc) is 1.50. The molecule has 0 heterocycles. The van der Waals surface area contributed by atoms with Crippen molar-refractivity contribution in [3.05, 3.63) is 0 Å². The summed E-state index contributed by atoms with van der Waals surface area (Å²) in [6.07, 6.45) is 0. The molecule has 28 valence electrons. The standard InChI is InChI=1S/2ClHO/c2*1-2/h2*2H. The highest BCUT2D eigenvalue weighted by Gasteiger charge is 0.899. The van der Waals surface area contributed by atoms with E-state index in [0.29, 0.717) is 0 Å². The zero-order valence-electron chi connectivity index (χ0n) is 1.65. The molecule has 0 aromatic heterocycles.